The molecule has 0 radical (unpaired) electrons. The fourth-order valence-corrected chi connectivity index (χ4v) is 6.08. The van der Waals surface area contributed by atoms with E-state index >= 15 is 0 Å². The third-order valence-corrected chi connectivity index (χ3v) is 8.37. The highest BCUT2D eigenvalue weighted by Crippen LogP contribution is 2.42. The van der Waals surface area contributed by atoms with E-state index in [-0.39, 0.29) is 5.54 Å². The van der Waals surface area contributed by atoms with E-state index in [1.807, 2.05) is 29.5 Å². The Morgan fingerprint density at radius 2 is 1.59 bits per heavy atom. The van der Waals surface area contributed by atoms with E-state index < -0.39 is 11.9 Å². The zero-order valence-corrected chi connectivity index (χ0v) is 22.8. The largest absolute Gasteiger partial charge is 0.478 e. The summed E-state index contributed by atoms with van der Waals surface area (Å²) < 4.78 is 1.40. The summed E-state index contributed by atoms with van der Waals surface area (Å²) >= 11 is 14.1. The van der Waals surface area contributed by atoms with Crippen molar-refractivity contribution in [2.45, 2.75) is 44.1 Å². The van der Waals surface area contributed by atoms with Crippen LogP contribution in [0, 0.1) is 0 Å². The molecular weight excluding hydrogens is 531 g/mol. The summed E-state index contributed by atoms with van der Waals surface area (Å²) in [5.41, 5.74) is 1.36. The third kappa shape index (κ3) is 9.13. The van der Waals surface area contributed by atoms with Gasteiger partial charge in [0.15, 0.2) is 0 Å². The number of carboxylic acid groups (broad SMARTS) is 2. The van der Waals surface area contributed by atoms with Crippen molar-refractivity contribution in [1.29, 1.82) is 0 Å². The summed E-state index contributed by atoms with van der Waals surface area (Å²) in [7, 11) is 0. The van der Waals surface area contributed by atoms with Crippen LogP contribution in [0.15, 0.2) is 60.7 Å². The van der Waals surface area contributed by atoms with Crippen LogP contribution in [0.25, 0.3) is 10.1 Å². The number of hydrogen-bond acceptors (Lipinski definition) is 5. The standard InChI is InChI=1S/C24H28Cl2N2S.C4H4O4/c25-20-9-8-18(16-21(20)26)10-13-27-14-15-28-24(11-4-1-5-12-24)23-17-19-6-2-3-7-22(19)29-23;5-3(6)1-2-4(7)8/h2-3,6-9,16-17,27-28H,1,4-5,10-15H2;1-2H,(H,5,6)(H,7,8)/b;2-1+. The predicted molar refractivity (Wildman–Crippen MR) is 152 cm³/mol. The highest BCUT2D eigenvalue weighted by atomic mass is 35.5. The Bertz CT molecular complexity index is 1170. The Balaban J connectivity index is 0.000000414. The molecule has 1 saturated carbocycles. The molecular formula is C28H32Cl2N2O4S. The number of benzene rings is 2. The Hall–Kier alpha value is -2.42. The Morgan fingerprint density at radius 3 is 2.24 bits per heavy atom. The fourth-order valence-electron chi connectivity index (χ4n) is 4.47. The van der Waals surface area contributed by atoms with Gasteiger partial charge < -0.3 is 20.8 Å². The number of carboxylic acids is 2. The number of rotatable bonds is 10. The van der Waals surface area contributed by atoms with Gasteiger partial charge in [-0.3, -0.25) is 0 Å². The van der Waals surface area contributed by atoms with Crippen LogP contribution in [0.5, 0.6) is 0 Å². The number of fused-ring (bicyclic) bond motifs is 1. The molecule has 9 heteroatoms. The first-order chi connectivity index (χ1) is 17.8. The van der Waals surface area contributed by atoms with Gasteiger partial charge in [0.25, 0.3) is 0 Å². The molecule has 1 aliphatic carbocycles. The van der Waals surface area contributed by atoms with Gasteiger partial charge in [0.2, 0.25) is 0 Å². The highest BCUT2D eigenvalue weighted by Gasteiger charge is 2.34. The maximum atomic E-state index is 9.55. The average Bonchev–Trinajstić information content (AvgIpc) is 3.33. The zero-order valence-electron chi connectivity index (χ0n) is 20.5. The Labute approximate surface area is 231 Å². The molecule has 37 heavy (non-hydrogen) atoms. The van der Waals surface area contributed by atoms with Crippen LogP contribution in [0.1, 0.15) is 42.5 Å². The lowest BCUT2D eigenvalue weighted by atomic mass is 9.80. The molecule has 2 aromatic carbocycles. The molecule has 1 fully saturated rings. The zero-order chi connectivity index (χ0) is 26.7. The van der Waals surface area contributed by atoms with Gasteiger partial charge in [0, 0.05) is 34.8 Å². The second kappa shape index (κ2) is 14.5. The summed E-state index contributed by atoms with van der Waals surface area (Å²) in [6.45, 7) is 2.89. The van der Waals surface area contributed by atoms with E-state index in [9.17, 15) is 9.59 Å². The third-order valence-electron chi connectivity index (χ3n) is 6.31. The first-order valence-electron chi connectivity index (χ1n) is 12.3. The van der Waals surface area contributed by atoms with E-state index in [0.29, 0.717) is 22.2 Å². The van der Waals surface area contributed by atoms with Crippen LogP contribution in [-0.4, -0.2) is 41.8 Å². The fraction of sp³-hybridized carbons (Fsp3) is 0.357. The van der Waals surface area contributed by atoms with Gasteiger partial charge in [-0.25, -0.2) is 9.59 Å². The molecule has 0 spiro atoms. The summed E-state index contributed by atoms with van der Waals surface area (Å²) in [5.74, 6) is -2.51. The second-order valence-corrected chi connectivity index (χ2v) is 10.9. The van der Waals surface area contributed by atoms with Crippen LogP contribution < -0.4 is 10.6 Å². The average molecular weight is 564 g/mol. The van der Waals surface area contributed by atoms with Crippen molar-refractivity contribution in [3.8, 4) is 0 Å². The van der Waals surface area contributed by atoms with Gasteiger partial charge in [0.1, 0.15) is 0 Å². The summed E-state index contributed by atoms with van der Waals surface area (Å²) in [4.78, 5) is 20.6. The quantitative estimate of drug-likeness (QED) is 0.166. The molecule has 3 aromatic rings. The predicted octanol–water partition coefficient (Wildman–Crippen LogP) is 6.50. The smallest absolute Gasteiger partial charge is 0.328 e. The first kappa shape index (κ1) is 29.1. The molecule has 0 saturated heterocycles. The van der Waals surface area contributed by atoms with E-state index in [1.165, 1.54) is 52.6 Å². The summed E-state index contributed by atoms with van der Waals surface area (Å²) in [6.07, 6.45) is 8.53. The minimum Gasteiger partial charge on any atom is -0.478 e. The molecule has 0 amide bonds. The lowest BCUT2D eigenvalue weighted by molar-refractivity contribution is -0.134. The monoisotopic (exact) mass is 562 g/mol. The summed E-state index contributed by atoms with van der Waals surface area (Å²) in [6, 6.07) is 17.0. The van der Waals surface area contributed by atoms with E-state index in [2.05, 4.69) is 41.0 Å². The number of hydrogen-bond donors (Lipinski definition) is 4. The highest BCUT2D eigenvalue weighted by molar-refractivity contribution is 7.19. The van der Waals surface area contributed by atoms with Crippen LogP contribution in [0.4, 0.5) is 0 Å². The minimum absolute atomic E-state index is 0.146. The molecule has 0 bridgehead atoms. The maximum Gasteiger partial charge on any atom is 0.328 e. The van der Waals surface area contributed by atoms with Crippen LogP contribution in [0.3, 0.4) is 0 Å². The van der Waals surface area contributed by atoms with E-state index in [0.717, 1.165) is 26.1 Å². The second-order valence-electron chi connectivity index (χ2n) is 8.98. The Morgan fingerprint density at radius 1 is 0.892 bits per heavy atom. The van der Waals surface area contributed by atoms with Crippen LogP contribution >= 0.6 is 34.5 Å². The number of aliphatic carboxylic acids is 2. The van der Waals surface area contributed by atoms with Gasteiger partial charge in [-0.2, -0.15) is 0 Å². The SMILES string of the molecule is Clc1ccc(CCNCCNC2(c3cc4ccccc4s3)CCCCC2)cc1Cl.O=C(O)/C=C/C(=O)O. The molecule has 0 atom stereocenters. The van der Waals surface area contributed by atoms with Crippen molar-refractivity contribution >= 4 is 56.6 Å². The van der Waals surface area contributed by atoms with Crippen molar-refractivity contribution in [1.82, 2.24) is 10.6 Å². The molecule has 1 aliphatic rings. The lowest BCUT2D eigenvalue weighted by Crippen LogP contribution is -2.46. The van der Waals surface area contributed by atoms with E-state index in [1.54, 1.807) is 0 Å². The summed E-state index contributed by atoms with van der Waals surface area (Å²) in [5, 5.41) is 25.8. The van der Waals surface area contributed by atoms with Crippen molar-refractivity contribution in [3.05, 3.63) is 81.2 Å². The van der Waals surface area contributed by atoms with Gasteiger partial charge >= 0.3 is 11.9 Å². The molecule has 0 unspecified atom stereocenters. The molecule has 4 N–H and O–H groups in total. The number of thiophene rings is 1. The van der Waals surface area contributed by atoms with Crippen molar-refractivity contribution in [2.75, 3.05) is 19.6 Å². The maximum absolute atomic E-state index is 9.55. The Kier molecular flexibility index (Phi) is 11.4. The van der Waals surface area contributed by atoms with Gasteiger partial charge in [-0.1, -0.05) is 66.7 Å². The first-order valence-corrected chi connectivity index (χ1v) is 13.9. The number of halogens is 2. The van der Waals surface area contributed by atoms with E-state index in [4.69, 9.17) is 33.4 Å². The molecule has 4 rings (SSSR count). The van der Waals surface area contributed by atoms with Gasteiger partial charge in [-0.05, 0) is 61.0 Å². The topological polar surface area (TPSA) is 98.7 Å². The number of nitrogens with one attached hydrogen (secondary N) is 2. The molecule has 6 nitrogen and oxygen atoms in total. The van der Waals surface area contributed by atoms with Crippen LogP contribution in [-0.2, 0) is 21.5 Å². The van der Waals surface area contributed by atoms with Crippen molar-refractivity contribution in [3.63, 3.8) is 0 Å². The molecule has 1 heterocycles. The molecule has 0 aliphatic heterocycles. The molecule has 198 valence electrons. The van der Waals surface area contributed by atoms with Gasteiger partial charge in [0.05, 0.1) is 15.6 Å². The van der Waals surface area contributed by atoms with Crippen LogP contribution in [0.2, 0.25) is 10.0 Å². The molecule has 1 aromatic heterocycles. The van der Waals surface area contributed by atoms with Crippen molar-refractivity contribution < 1.29 is 19.8 Å². The van der Waals surface area contributed by atoms with Crippen molar-refractivity contribution in [2.24, 2.45) is 0 Å². The van der Waals surface area contributed by atoms with Gasteiger partial charge in [-0.15, -0.1) is 11.3 Å². The normalized spacial score (nSPS) is 14.9. The number of carbonyl (C=O) groups is 2. The lowest BCUT2D eigenvalue weighted by Gasteiger charge is -2.38. The minimum atomic E-state index is -1.26.